The molecule has 0 aromatic heterocycles. The lowest BCUT2D eigenvalue weighted by molar-refractivity contribution is 0.0151. The predicted molar refractivity (Wildman–Crippen MR) is 79.5 cm³/mol. The first-order valence-corrected chi connectivity index (χ1v) is 7.08. The third-order valence-corrected chi connectivity index (χ3v) is 3.83. The topological polar surface area (TPSA) is 43.4 Å². The highest BCUT2D eigenvalue weighted by atomic mass is 16.5. The molecule has 0 saturated carbocycles. The first-order chi connectivity index (χ1) is 10.2. The second kappa shape index (κ2) is 5.62. The number of benzene rings is 2. The van der Waals surface area contributed by atoms with Crippen molar-refractivity contribution in [2.24, 2.45) is 0 Å². The molecular formula is C18H16O3. The summed E-state index contributed by atoms with van der Waals surface area (Å²) in [5.74, 6) is -0.482. The summed E-state index contributed by atoms with van der Waals surface area (Å²) in [7, 11) is 0. The van der Waals surface area contributed by atoms with E-state index in [1.54, 1.807) is 48.5 Å². The molecule has 1 saturated heterocycles. The summed E-state index contributed by atoms with van der Waals surface area (Å²) in [6.07, 6.45) is 1.16. The van der Waals surface area contributed by atoms with E-state index < -0.39 is 5.60 Å². The van der Waals surface area contributed by atoms with Crippen LogP contribution in [0.3, 0.4) is 0 Å². The number of carbonyl (C=O) groups is 2. The van der Waals surface area contributed by atoms with E-state index in [1.807, 2.05) is 12.1 Å². The van der Waals surface area contributed by atoms with Gasteiger partial charge in [-0.3, -0.25) is 9.59 Å². The van der Waals surface area contributed by atoms with Gasteiger partial charge in [-0.25, -0.2) is 0 Å². The first kappa shape index (κ1) is 13.7. The molecule has 0 radical (unpaired) electrons. The summed E-state index contributed by atoms with van der Waals surface area (Å²) >= 11 is 0. The van der Waals surface area contributed by atoms with Crippen LogP contribution < -0.4 is 0 Å². The Balaban J connectivity index is 2.01. The Labute approximate surface area is 123 Å². The zero-order valence-electron chi connectivity index (χ0n) is 11.6. The van der Waals surface area contributed by atoms with Crippen LogP contribution in [0.1, 0.15) is 33.6 Å². The van der Waals surface area contributed by atoms with Crippen molar-refractivity contribution in [1.29, 1.82) is 0 Å². The molecule has 0 spiro atoms. The number of rotatable bonds is 4. The van der Waals surface area contributed by atoms with Gasteiger partial charge in [0.15, 0.2) is 5.60 Å². The largest absolute Gasteiger partial charge is 0.359 e. The van der Waals surface area contributed by atoms with E-state index in [1.165, 1.54) is 0 Å². The summed E-state index contributed by atoms with van der Waals surface area (Å²) in [5, 5.41) is 0. The highest BCUT2D eigenvalue weighted by Gasteiger charge is 2.49. The minimum absolute atomic E-state index is 0.241. The Kier molecular flexibility index (Phi) is 3.67. The van der Waals surface area contributed by atoms with Crippen LogP contribution in [0.15, 0.2) is 60.7 Å². The van der Waals surface area contributed by atoms with Crippen molar-refractivity contribution >= 4 is 11.6 Å². The van der Waals surface area contributed by atoms with Crippen molar-refractivity contribution in [2.45, 2.75) is 18.4 Å². The Morgan fingerprint density at radius 3 is 1.67 bits per heavy atom. The van der Waals surface area contributed by atoms with Gasteiger partial charge in [0, 0.05) is 17.7 Å². The highest BCUT2D eigenvalue weighted by Crippen LogP contribution is 2.33. The van der Waals surface area contributed by atoms with Gasteiger partial charge in [0.25, 0.3) is 0 Å². The van der Waals surface area contributed by atoms with Crippen LogP contribution in [-0.4, -0.2) is 23.8 Å². The van der Waals surface area contributed by atoms with Crippen LogP contribution in [0, 0.1) is 0 Å². The van der Waals surface area contributed by atoms with Gasteiger partial charge in [-0.05, 0) is 12.8 Å². The molecule has 1 aliphatic heterocycles. The molecule has 0 atom stereocenters. The van der Waals surface area contributed by atoms with Crippen LogP contribution in [0.5, 0.6) is 0 Å². The number of hydrogen-bond acceptors (Lipinski definition) is 3. The summed E-state index contributed by atoms with van der Waals surface area (Å²) in [6.45, 7) is 0.442. The van der Waals surface area contributed by atoms with E-state index in [9.17, 15) is 9.59 Å². The van der Waals surface area contributed by atoms with Gasteiger partial charge in [0.1, 0.15) is 0 Å². The van der Waals surface area contributed by atoms with Gasteiger partial charge in [0.05, 0.1) is 0 Å². The van der Waals surface area contributed by atoms with Crippen LogP contribution >= 0.6 is 0 Å². The Morgan fingerprint density at radius 2 is 1.29 bits per heavy atom. The summed E-state index contributed by atoms with van der Waals surface area (Å²) < 4.78 is 5.67. The summed E-state index contributed by atoms with van der Waals surface area (Å²) in [4.78, 5) is 25.7. The molecule has 21 heavy (non-hydrogen) atoms. The molecule has 0 bridgehead atoms. The van der Waals surface area contributed by atoms with Crippen molar-refractivity contribution in [1.82, 2.24) is 0 Å². The Hall–Kier alpha value is -2.26. The molecule has 1 aliphatic rings. The lowest BCUT2D eigenvalue weighted by atomic mass is 9.83. The number of hydrogen-bond donors (Lipinski definition) is 0. The third kappa shape index (κ3) is 2.41. The molecule has 3 nitrogen and oxygen atoms in total. The lowest BCUT2D eigenvalue weighted by Crippen LogP contribution is -2.46. The fraction of sp³-hybridized carbons (Fsp3) is 0.222. The third-order valence-electron chi connectivity index (χ3n) is 3.83. The van der Waals surface area contributed by atoms with E-state index in [0.29, 0.717) is 24.2 Å². The van der Waals surface area contributed by atoms with E-state index in [2.05, 4.69) is 0 Å². The summed E-state index contributed by atoms with van der Waals surface area (Å²) in [6, 6.07) is 17.8. The van der Waals surface area contributed by atoms with Crippen molar-refractivity contribution < 1.29 is 14.3 Å². The smallest absolute Gasteiger partial charge is 0.202 e. The highest BCUT2D eigenvalue weighted by molar-refractivity contribution is 6.22. The molecule has 3 rings (SSSR count). The summed E-state index contributed by atoms with van der Waals surface area (Å²) in [5.41, 5.74) is -0.324. The van der Waals surface area contributed by atoms with Crippen LogP contribution in [0.25, 0.3) is 0 Å². The molecular weight excluding hydrogens is 264 g/mol. The van der Waals surface area contributed by atoms with Crippen molar-refractivity contribution in [2.75, 3.05) is 6.61 Å². The maximum atomic E-state index is 12.8. The van der Waals surface area contributed by atoms with Gasteiger partial charge >= 0.3 is 0 Å². The quantitative estimate of drug-likeness (QED) is 0.637. The molecule has 0 amide bonds. The van der Waals surface area contributed by atoms with E-state index in [0.717, 1.165) is 6.42 Å². The zero-order valence-corrected chi connectivity index (χ0v) is 11.6. The molecule has 0 N–H and O–H groups in total. The lowest BCUT2D eigenvalue weighted by Gasteiger charge is -2.25. The van der Waals surface area contributed by atoms with Crippen LogP contribution in [-0.2, 0) is 4.74 Å². The van der Waals surface area contributed by atoms with Crippen molar-refractivity contribution in [3.05, 3.63) is 71.8 Å². The number of ketones is 2. The first-order valence-electron chi connectivity index (χ1n) is 7.08. The van der Waals surface area contributed by atoms with E-state index in [-0.39, 0.29) is 11.6 Å². The zero-order chi connectivity index (χ0) is 14.7. The van der Waals surface area contributed by atoms with Gasteiger partial charge in [-0.1, -0.05) is 60.7 Å². The number of carbonyl (C=O) groups excluding carboxylic acids is 2. The average Bonchev–Trinajstić information content (AvgIpc) is 3.06. The Bertz CT molecular complexity index is 587. The Morgan fingerprint density at radius 1 is 0.810 bits per heavy atom. The average molecular weight is 280 g/mol. The molecule has 0 aliphatic carbocycles. The second-order valence-electron chi connectivity index (χ2n) is 5.17. The fourth-order valence-corrected chi connectivity index (χ4v) is 2.75. The number of ether oxygens (including phenoxy) is 1. The van der Waals surface area contributed by atoms with E-state index in [4.69, 9.17) is 4.74 Å². The maximum absolute atomic E-state index is 12.8. The van der Waals surface area contributed by atoms with Gasteiger partial charge in [0.2, 0.25) is 11.6 Å². The van der Waals surface area contributed by atoms with Crippen LogP contribution in [0.4, 0.5) is 0 Å². The van der Waals surface area contributed by atoms with Gasteiger partial charge in [-0.2, -0.15) is 0 Å². The molecule has 1 fully saturated rings. The minimum Gasteiger partial charge on any atom is -0.359 e. The molecule has 2 aromatic rings. The van der Waals surface area contributed by atoms with Crippen molar-refractivity contribution in [3.63, 3.8) is 0 Å². The van der Waals surface area contributed by atoms with E-state index >= 15 is 0 Å². The monoisotopic (exact) mass is 280 g/mol. The molecule has 1 heterocycles. The van der Waals surface area contributed by atoms with Gasteiger partial charge in [-0.15, -0.1) is 0 Å². The molecule has 0 unspecified atom stereocenters. The standard InChI is InChI=1S/C18H16O3/c19-16(14-8-3-1-4-9-14)18(12-7-13-21-18)17(20)15-10-5-2-6-11-15/h1-6,8-11H,7,12-13H2. The predicted octanol–water partition coefficient (Wildman–Crippen LogP) is 3.30. The minimum atomic E-state index is -1.36. The second-order valence-corrected chi connectivity index (χ2v) is 5.17. The van der Waals surface area contributed by atoms with Crippen molar-refractivity contribution in [3.8, 4) is 0 Å². The normalized spacial score (nSPS) is 16.6. The molecule has 3 heteroatoms. The van der Waals surface area contributed by atoms with Gasteiger partial charge < -0.3 is 4.74 Å². The maximum Gasteiger partial charge on any atom is 0.202 e. The number of Topliss-reactive ketones (excluding diaryl/α,β-unsaturated/α-hetero) is 2. The van der Waals surface area contributed by atoms with Crippen LogP contribution in [0.2, 0.25) is 0 Å². The fourth-order valence-electron chi connectivity index (χ4n) is 2.75. The SMILES string of the molecule is O=C(c1ccccc1)C1(C(=O)c2ccccc2)CCCO1. The molecule has 106 valence electrons. The molecule has 2 aromatic carbocycles.